The zero-order chi connectivity index (χ0) is 12.1. The second kappa shape index (κ2) is 5.26. The van der Waals surface area contributed by atoms with Crippen molar-refractivity contribution >= 4 is 23.0 Å². The molecule has 0 saturated carbocycles. The van der Waals surface area contributed by atoms with Gasteiger partial charge >= 0.3 is 0 Å². The van der Waals surface area contributed by atoms with Gasteiger partial charge in [0.05, 0.1) is 7.11 Å². The number of benzene rings is 1. The van der Waals surface area contributed by atoms with E-state index in [4.69, 9.17) is 17.0 Å². The minimum atomic E-state index is 0.443. The van der Waals surface area contributed by atoms with E-state index in [0.29, 0.717) is 5.11 Å². The number of anilines is 1. The highest BCUT2D eigenvalue weighted by Crippen LogP contribution is 2.16. The first kappa shape index (κ1) is 11.3. The molecule has 0 unspecified atom stereocenters. The van der Waals surface area contributed by atoms with Crippen LogP contribution >= 0.6 is 12.2 Å². The summed E-state index contributed by atoms with van der Waals surface area (Å²) in [5.41, 5.74) is 3.72. The average Bonchev–Trinajstić information content (AvgIpc) is 2.82. The molecule has 1 aromatic heterocycles. The largest absolute Gasteiger partial charge is 0.497 e. The number of ether oxygens (including phenoxy) is 1. The normalized spacial score (nSPS) is 9.71. The van der Waals surface area contributed by atoms with Gasteiger partial charge in [-0.15, -0.1) is 10.2 Å². The van der Waals surface area contributed by atoms with E-state index in [1.807, 2.05) is 24.3 Å². The van der Waals surface area contributed by atoms with Gasteiger partial charge in [-0.3, -0.25) is 5.43 Å². The van der Waals surface area contributed by atoms with Gasteiger partial charge in [-0.2, -0.15) is 0 Å². The number of methoxy groups -OCH3 is 1. The highest BCUT2D eigenvalue weighted by atomic mass is 32.1. The molecule has 88 valence electrons. The topological polar surface area (TPSA) is 64.0 Å². The first-order chi connectivity index (χ1) is 8.28. The summed E-state index contributed by atoms with van der Waals surface area (Å²) in [6.45, 7) is 0. The SMILES string of the molecule is COc1cccc(NC(=S)Nn2cnnc2)c1. The third-order valence-corrected chi connectivity index (χ3v) is 2.17. The predicted octanol–water partition coefficient (Wildman–Crippen LogP) is 1.23. The van der Waals surface area contributed by atoms with E-state index in [2.05, 4.69) is 20.9 Å². The fourth-order valence-electron chi connectivity index (χ4n) is 1.24. The Kier molecular flexibility index (Phi) is 3.51. The summed E-state index contributed by atoms with van der Waals surface area (Å²) >= 11 is 5.12. The van der Waals surface area contributed by atoms with Crippen LogP contribution in [0.5, 0.6) is 5.75 Å². The van der Waals surface area contributed by atoms with Crippen LogP contribution in [0.2, 0.25) is 0 Å². The fraction of sp³-hybridized carbons (Fsp3) is 0.100. The van der Waals surface area contributed by atoms with Crippen molar-refractivity contribution in [3.05, 3.63) is 36.9 Å². The monoisotopic (exact) mass is 249 g/mol. The van der Waals surface area contributed by atoms with E-state index in [1.165, 1.54) is 12.7 Å². The Hall–Kier alpha value is -2.15. The summed E-state index contributed by atoms with van der Waals surface area (Å²) in [5, 5.41) is 10.8. The van der Waals surface area contributed by atoms with Gasteiger partial charge in [0.1, 0.15) is 18.4 Å². The summed E-state index contributed by atoms with van der Waals surface area (Å²) in [5.74, 6) is 0.766. The Morgan fingerprint density at radius 1 is 1.35 bits per heavy atom. The van der Waals surface area contributed by atoms with E-state index in [0.717, 1.165) is 11.4 Å². The molecular formula is C10H11N5OS. The molecule has 0 radical (unpaired) electrons. The number of aromatic nitrogens is 3. The van der Waals surface area contributed by atoms with E-state index in [1.54, 1.807) is 11.8 Å². The standard InChI is InChI=1S/C10H11N5OS/c1-16-9-4-2-3-8(5-9)13-10(17)14-15-6-11-12-7-15/h2-7H,1H3,(H2,13,14,17). The number of nitrogens with zero attached hydrogens (tertiary/aromatic N) is 3. The number of hydrogen-bond acceptors (Lipinski definition) is 4. The predicted molar refractivity (Wildman–Crippen MR) is 68.6 cm³/mol. The van der Waals surface area contributed by atoms with Crippen LogP contribution in [0.15, 0.2) is 36.9 Å². The summed E-state index contributed by atoms with van der Waals surface area (Å²) in [6.07, 6.45) is 3.03. The Labute approximate surface area is 104 Å². The zero-order valence-corrected chi connectivity index (χ0v) is 9.94. The Morgan fingerprint density at radius 2 is 2.12 bits per heavy atom. The van der Waals surface area contributed by atoms with E-state index < -0.39 is 0 Å². The van der Waals surface area contributed by atoms with Gasteiger partial charge in [-0.25, -0.2) is 4.68 Å². The summed E-state index contributed by atoms with van der Waals surface area (Å²) in [7, 11) is 1.62. The molecule has 0 bridgehead atoms. The van der Waals surface area contributed by atoms with Crippen LogP contribution < -0.4 is 15.5 Å². The van der Waals surface area contributed by atoms with Crippen LogP contribution in [0.25, 0.3) is 0 Å². The van der Waals surface area contributed by atoms with Crippen molar-refractivity contribution < 1.29 is 4.74 Å². The van der Waals surface area contributed by atoms with Crippen molar-refractivity contribution in [1.29, 1.82) is 0 Å². The molecule has 0 saturated heterocycles. The minimum Gasteiger partial charge on any atom is -0.497 e. The number of hydrogen-bond donors (Lipinski definition) is 2. The summed E-state index contributed by atoms with van der Waals surface area (Å²) in [4.78, 5) is 0. The molecule has 2 N–H and O–H groups in total. The molecule has 0 spiro atoms. The van der Waals surface area contributed by atoms with Gasteiger partial charge < -0.3 is 10.1 Å². The molecule has 1 aromatic carbocycles. The van der Waals surface area contributed by atoms with E-state index in [9.17, 15) is 0 Å². The molecule has 0 atom stereocenters. The van der Waals surface area contributed by atoms with E-state index >= 15 is 0 Å². The minimum absolute atomic E-state index is 0.443. The first-order valence-electron chi connectivity index (χ1n) is 4.84. The number of thiocarbonyl (C=S) groups is 1. The van der Waals surface area contributed by atoms with Gasteiger partial charge in [-0.05, 0) is 24.4 Å². The average molecular weight is 249 g/mol. The maximum Gasteiger partial charge on any atom is 0.190 e. The molecule has 17 heavy (non-hydrogen) atoms. The molecule has 0 aliphatic rings. The molecular weight excluding hydrogens is 238 g/mol. The van der Waals surface area contributed by atoms with Crippen LogP contribution in [-0.4, -0.2) is 27.1 Å². The molecule has 0 fully saturated rings. The van der Waals surface area contributed by atoms with Gasteiger partial charge in [0.2, 0.25) is 0 Å². The van der Waals surface area contributed by atoms with Crippen molar-refractivity contribution in [2.75, 3.05) is 17.9 Å². The van der Waals surface area contributed by atoms with Crippen LogP contribution in [0.4, 0.5) is 5.69 Å². The summed E-state index contributed by atoms with van der Waals surface area (Å²) < 4.78 is 6.66. The molecule has 0 amide bonds. The Bertz CT molecular complexity index is 499. The van der Waals surface area contributed by atoms with Crippen molar-refractivity contribution in [2.45, 2.75) is 0 Å². The molecule has 0 aliphatic carbocycles. The van der Waals surface area contributed by atoms with Gasteiger partial charge in [0, 0.05) is 11.8 Å². The lowest BCUT2D eigenvalue weighted by Gasteiger charge is -2.10. The zero-order valence-electron chi connectivity index (χ0n) is 9.12. The first-order valence-corrected chi connectivity index (χ1v) is 5.25. The van der Waals surface area contributed by atoms with Crippen LogP contribution in [0.3, 0.4) is 0 Å². The second-order valence-corrected chi connectivity index (χ2v) is 3.58. The lowest BCUT2D eigenvalue weighted by Crippen LogP contribution is -2.26. The van der Waals surface area contributed by atoms with E-state index in [-0.39, 0.29) is 0 Å². The third-order valence-electron chi connectivity index (χ3n) is 1.98. The molecule has 1 heterocycles. The number of rotatable bonds is 3. The Balaban J connectivity index is 1.98. The number of nitrogens with one attached hydrogen (secondary N) is 2. The van der Waals surface area contributed by atoms with Gasteiger partial charge in [0.15, 0.2) is 5.11 Å². The van der Waals surface area contributed by atoms with Crippen molar-refractivity contribution in [1.82, 2.24) is 14.9 Å². The second-order valence-electron chi connectivity index (χ2n) is 3.17. The molecule has 0 aliphatic heterocycles. The van der Waals surface area contributed by atoms with Crippen molar-refractivity contribution in [3.8, 4) is 5.75 Å². The maximum atomic E-state index is 5.12. The Morgan fingerprint density at radius 3 is 2.82 bits per heavy atom. The highest BCUT2D eigenvalue weighted by Gasteiger charge is 1.99. The van der Waals surface area contributed by atoms with Gasteiger partial charge in [0.25, 0.3) is 0 Å². The van der Waals surface area contributed by atoms with Crippen LogP contribution in [-0.2, 0) is 0 Å². The third kappa shape index (κ3) is 3.15. The molecule has 6 nitrogen and oxygen atoms in total. The molecule has 2 aromatic rings. The smallest absolute Gasteiger partial charge is 0.190 e. The van der Waals surface area contributed by atoms with Crippen LogP contribution in [0, 0.1) is 0 Å². The molecule has 7 heteroatoms. The van der Waals surface area contributed by atoms with Crippen molar-refractivity contribution in [3.63, 3.8) is 0 Å². The fourth-order valence-corrected chi connectivity index (χ4v) is 1.46. The van der Waals surface area contributed by atoms with Gasteiger partial charge in [-0.1, -0.05) is 6.07 Å². The molecule has 2 rings (SSSR count). The lowest BCUT2D eigenvalue weighted by molar-refractivity contribution is 0.415. The van der Waals surface area contributed by atoms with Crippen LogP contribution in [0.1, 0.15) is 0 Å². The van der Waals surface area contributed by atoms with Crippen molar-refractivity contribution in [2.24, 2.45) is 0 Å². The maximum absolute atomic E-state index is 5.12. The highest BCUT2D eigenvalue weighted by molar-refractivity contribution is 7.80. The quantitative estimate of drug-likeness (QED) is 0.798. The lowest BCUT2D eigenvalue weighted by atomic mass is 10.3. The summed E-state index contributed by atoms with van der Waals surface area (Å²) in [6, 6.07) is 7.48.